The summed E-state index contributed by atoms with van der Waals surface area (Å²) < 4.78 is 10.5. The predicted molar refractivity (Wildman–Crippen MR) is 73.8 cm³/mol. The van der Waals surface area contributed by atoms with Crippen molar-refractivity contribution in [2.75, 3.05) is 0 Å². The number of carbonyl (C=O) groups is 2. The highest BCUT2D eigenvalue weighted by Crippen LogP contribution is 2.22. The van der Waals surface area contributed by atoms with Gasteiger partial charge in [0.2, 0.25) is 6.10 Å². The van der Waals surface area contributed by atoms with Gasteiger partial charge in [-0.1, -0.05) is 19.9 Å². The average molecular weight is 279 g/mol. The Bertz CT molecular complexity index is 463. The molecule has 1 heterocycles. The Morgan fingerprint density at radius 3 is 2.30 bits per heavy atom. The molecular formula is C15H21NO4. The second-order valence-corrected chi connectivity index (χ2v) is 5.79. The van der Waals surface area contributed by atoms with Crippen molar-refractivity contribution in [2.24, 2.45) is 5.92 Å². The zero-order valence-corrected chi connectivity index (χ0v) is 12.5. The number of esters is 2. The lowest BCUT2D eigenvalue weighted by Crippen LogP contribution is -2.31. The normalized spacial score (nSPS) is 12.9. The van der Waals surface area contributed by atoms with Crippen LogP contribution in [0.3, 0.4) is 0 Å². The molecule has 110 valence electrons. The molecule has 0 spiro atoms. The Morgan fingerprint density at radius 1 is 1.20 bits per heavy atom. The highest BCUT2D eigenvalue weighted by molar-refractivity contribution is 5.81. The van der Waals surface area contributed by atoms with Crippen molar-refractivity contribution < 1.29 is 19.1 Å². The third kappa shape index (κ3) is 4.99. The highest BCUT2D eigenvalue weighted by atomic mass is 16.6. The minimum atomic E-state index is -1.09. The molecule has 0 fully saturated rings. The van der Waals surface area contributed by atoms with E-state index in [0.29, 0.717) is 5.56 Å². The molecule has 0 N–H and O–H groups in total. The Balaban J connectivity index is 2.96. The third-order valence-corrected chi connectivity index (χ3v) is 2.31. The van der Waals surface area contributed by atoms with E-state index in [-0.39, 0.29) is 5.92 Å². The number of nitrogens with zero attached hydrogens (tertiary/aromatic N) is 1. The Morgan fingerprint density at radius 2 is 1.85 bits per heavy atom. The monoisotopic (exact) mass is 279 g/mol. The molecule has 0 aliphatic heterocycles. The topological polar surface area (TPSA) is 65.5 Å². The molecule has 1 aromatic rings. The van der Waals surface area contributed by atoms with Gasteiger partial charge in [-0.25, -0.2) is 4.79 Å². The van der Waals surface area contributed by atoms with Gasteiger partial charge in [-0.15, -0.1) is 0 Å². The van der Waals surface area contributed by atoms with Crippen molar-refractivity contribution in [3.05, 3.63) is 30.1 Å². The zero-order valence-electron chi connectivity index (χ0n) is 12.5. The maximum Gasteiger partial charge on any atom is 0.352 e. The smallest absolute Gasteiger partial charge is 0.352 e. The summed E-state index contributed by atoms with van der Waals surface area (Å²) in [7, 11) is 0. The van der Waals surface area contributed by atoms with E-state index in [1.807, 2.05) is 0 Å². The molecule has 5 heteroatoms. The number of carbonyl (C=O) groups excluding carboxylic acids is 2. The molecule has 0 aliphatic carbocycles. The van der Waals surface area contributed by atoms with Gasteiger partial charge in [-0.3, -0.25) is 9.78 Å². The molecular weight excluding hydrogens is 258 g/mol. The van der Waals surface area contributed by atoms with Crippen molar-refractivity contribution in [3.63, 3.8) is 0 Å². The first-order chi connectivity index (χ1) is 9.20. The number of hydrogen-bond donors (Lipinski definition) is 0. The lowest BCUT2D eigenvalue weighted by Gasteiger charge is -2.24. The predicted octanol–water partition coefficient (Wildman–Crippen LogP) is 2.66. The molecule has 0 aromatic carbocycles. The molecule has 0 radical (unpaired) electrons. The number of ether oxygens (including phenoxy) is 2. The standard InChI is InChI=1S/C15H21NO4/c1-10(2)13(17)19-12(11-7-6-8-16-9-11)14(18)20-15(3,4)5/h6-10,12H,1-5H3. The van der Waals surface area contributed by atoms with E-state index in [2.05, 4.69) is 4.98 Å². The molecule has 1 aromatic heterocycles. The minimum absolute atomic E-state index is 0.323. The Kier molecular flexibility index (Phi) is 5.25. The Hall–Kier alpha value is -1.91. The van der Waals surface area contributed by atoms with Crippen LogP contribution in [0.1, 0.15) is 46.3 Å². The van der Waals surface area contributed by atoms with Crippen molar-refractivity contribution >= 4 is 11.9 Å². The minimum Gasteiger partial charge on any atom is -0.457 e. The lowest BCUT2D eigenvalue weighted by molar-refractivity contribution is -0.178. The number of pyridine rings is 1. The van der Waals surface area contributed by atoms with Crippen molar-refractivity contribution in [3.8, 4) is 0 Å². The van der Waals surface area contributed by atoms with Gasteiger partial charge in [0.15, 0.2) is 0 Å². The molecule has 1 rings (SSSR count). The van der Waals surface area contributed by atoms with Crippen LogP contribution >= 0.6 is 0 Å². The van der Waals surface area contributed by atoms with Crippen LogP contribution in [0.2, 0.25) is 0 Å². The summed E-state index contributed by atoms with van der Waals surface area (Å²) in [5, 5.41) is 0. The first-order valence-electron chi connectivity index (χ1n) is 6.54. The Labute approximate surface area is 119 Å². The van der Waals surface area contributed by atoms with Gasteiger partial charge >= 0.3 is 11.9 Å². The molecule has 0 bridgehead atoms. The van der Waals surface area contributed by atoms with E-state index >= 15 is 0 Å². The van der Waals surface area contributed by atoms with Gasteiger partial charge in [0.25, 0.3) is 0 Å². The molecule has 20 heavy (non-hydrogen) atoms. The van der Waals surface area contributed by atoms with Gasteiger partial charge < -0.3 is 9.47 Å². The van der Waals surface area contributed by atoms with E-state index in [4.69, 9.17) is 9.47 Å². The molecule has 5 nitrogen and oxygen atoms in total. The largest absolute Gasteiger partial charge is 0.457 e. The van der Waals surface area contributed by atoms with E-state index in [1.54, 1.807) is 52.9 Å². The zero-order chi connectivity index (χ0) is 15.3. The first kappa shape index (κ1) is 16.1. The van der Waals surface area contributed by atoms with E-state index in [1.165, 1.54) is 6.20 Å². The van der Waals surface area contributed by atoms with Crippen LogP contribution in [0, 0.1) is 5.92 Å². The summed E-state index contributed by atoms with van der Waals surface area (Å²) in [5.74, 6) is -1.37. The molecule has 0 amide bonds. The van der Waals surface area contributed by atoms with E-state index in [0.717, 1.165) is 0 Å². The van der Waals surface area contributed by atoms with Crippen LogP contribution in [0.25, 0.3) is 0 Å². The summed E-state index contributed by atoms with van der Waals surface area (Å²) in [6, 6.07) is 3.35. The van der Waals surface area contributed by atoms with Crippen LogP contribution in [-0.4, -0.2) is 22.5 Å². The summed E-state index contributed by atoms with van der Waals surface area (Å²) >= 11 is 0. The maximum atomic E-state index is 12.2. The van der Waals surface area contributed by atoms with E-state index in [9.17, 15) is 9.59 Å². The third-order valence-electron chi connectivity index (χ3n) is 2.31. The fourth-order valence-electron chi connectivity index (χ4n) is 1.39. The van der Waals surface area contributed by atoms with Crippen molar-refractivity contribution in [1.82, 2.24) is 4.98 Å². The van der Waals surface area contributed by atoms with E-state index < -0.39 is 23.6 Å². The quantitative estimate of drug-likeness (QED) is 0.793. The fourth-order valence-corrected chi connectivity index (χ4v) is 1.39. The van der Waals surface area contributed by atoms with Gasteiger partial charge in [0.05, 0.1) is 5.92 Å². The maximum absolute atomic E-state index is 12.2. The van der Waals surface area contributed by atoms with Crippen LogP contribution in [0.4, 0.5) is 0 Å². The van der Waals surface area contributed by atoms with Crippen LogP contribution < -0.4 is 0 Å². The van der Waals surface area contributed by atoms with Crippen molar-refractivity contribution in [1.29, 1.82) is 0 Å². The first-order valence-corrected chi connectivity index (χ1v) is 6.54. The van der Waals surface area contributed by atoms with Gasteiger partial charge in [-0.2, -0.15) is 0 Å². The molecule has 0 saturated heterocycles. The molecule has 1 unspecified atom stereocenters. The van der Waals surface area contributed by atoms with Crippen LogP contribution in [0.15, 0.2) is 24.5 Å². The van der Waals surface area contributed by atoms with Gasteiger partial charge in [0, 0.05) is 18.0 Å². The molecule has 0 saturated carbocycles. The molecule has 1 atom stereocenters. The summed E-state index contributed by atoms with van der Waals surface area (Å²) in [6.07, 6.45) is 1.99. The van der Waals surface area contributed by atoms with Gasteiger partial charge in [0.1, 0.15) is 5.60 Å². The van der Waals surface area contributed by atoms with Crippen molar-refractivity contribution in [2.45, 2.75) is 46.3 Å². The molecule has 0 aliphatic rings. The highest BCUT2D eigenvalue weighted by Gasteiger charge is 2.30. The fraction of sp³-hybridized carbons (Fsp3) is 0.533. The number of rotatable bonds is 4. The SMILES string of the molecule is CC(C)C(=O)OC(C(=O)OC(C)(C)C)c1cccnc1. The van der Waals surface area contributed by atoms with Crippen LogP contribution in [-0.2, 0) is 19.1 Å². The summed E-state index contributed by atoms with van der Waals surface area (Å²) in [4.78, 5) is 27.9. The summed E-state index contributed by atoms with van der Waals surface area (Å²) in [5.41, 5.74) is -0.155. The summed E-state index contributed by atoms with van der Waals surface area (Å²) in [6.45, 7) is 8.69. The number of aromatic nitrogens is 1. The number of hydrogen-bond acceptors (Lipinski definition) is 5. The van der Waals surface area contributed by atoms with Crippen LogP contribution in [0.5, 0.6) is 0 Å². The second kappa shape index (κ2) is 6.50. The second-order valence-electron chi connectivity index (χ2n) is 5.79. The van der Waals surface area contributed by atoms with Gasteiger partial charge in [-0.05, 0) is 26.8 Å². The average Bonchev–Trinajstić information content (AvgIpc) is 2.34. The lowest BCUT2D eigenvalue weighted by atomic mass is 10.1.